The van der Waals surface area contributed by atoms with Crippen LogP contribution in [0.2, 0.25) is 0 Å². The van der Waals surface area contributed by atoms with E-state index in [1.54, 1.807) is 0 Å². The van der Waals surface area contributed by atoms with Crippen molar-refractivity contribution in [1.29, 1.82) is 0 Å². The van der Waals surface area contributed by atoms with Gasteiger partial charge < -0.3 is 9.53 Å². The van der Waals surface area contributed by atoms with Crippen LogP contribution in [0.4, 0.5) is 0 Å². The number of aryl methyl sites for hydroxylation is 1. The third kappa shape index (κ3) is 2.43. The van der Waals surface area contributed by atoms with E-state index in [2.05, 4.69) is 6.07 Å². The zero-order valence-corrected chi connectivity index (χ0v) is 9.74. The Balaban J connectivity index is 2.17. The lowest BCUT2D eigenvalue weighted by Crippen LogP contribution is -2.14. The summed E-state index contributed by atoms with van der Waals surface area (Å²) in [5.74, 6) is 0.978. The maximum atomic E-state index is 10.4. The summed E-state index contributed by atoms with van der Waals surface area (Å²) in [4.78, 5) is 10.4. The van der Waals surface area contributed by atoms with Crippen molar-refractivity contribution in [2.24, 2.45) is 0 Å². The predicted molar refractivity (Wildman–Crippen MR) is 63.9 cm³/mol. The molecule has 1 atom stereocenters. The van der Waals surface area contributed by atoms with Crippen LogP contribution in [0, 0.1) is 0 Å². The molecule has 1 unspecified atom stereocenters. The second kappa shape index (κ2) is 5.15. The number of ether oxygens (including phenoxy) is 1. The van der Waals surface area contributed by atoms with Gasteiger partial charge >= 0.3 is 0 Å². The number of benzene rings is 1. The predicted octanol–water partition coefficient (Wildman–Crippen LogP) is 2.92. The van der Waals surface area contributed by atoms with Gasteiger partial charge in [-0.25, -0.2) is 0 Å². The lowest BCUT2D eigenvalue weighted by molar-refractivity contribution is -0.109. The number of hydrogen-bond donors (Lipinski definition) is 0. The molecule has 2 nitrogen and oxygen atoms in total. The highest BCUT2D eigenvalue weighted by Crippen LogP contribution is 2.30. The highest BCUT2D eigenvalue weighted by molar-refractivity contribution is 5.50. The molecule has 0 spiro atoms. The van der Waals surface area contributed by atoms with Crippen LogP contribution in [0.15, 0.2) is 18.2 Å². The van der Waals surface area contributed by atoms with E-state index in [-0.39, 0.29) is 6.10 Å². The zero-order chi connectivity index (χ0) is 11.4. The molecule has 16 heavy (non-hydrogen) atoms. The Bertz CT molecular complexity index is 371. The minimum absolute atomic E-state index is 0.0223. The number of hydrogen-bond acceptors (Lipinski definition) is 2. The summed E-state index contributed by atoms with van der Waals surface area (Å²) < 4.78 is 5.82. The monoisotopic (exact) mass is 218 g/mol. The molecular weight excluding hydrogens is 200 g/mol. The average molecular weight is 218 g/mol. The maximum Gasteiger partial charge on any atom is 0.123 e. The quantitative estimate of drug-likeness (QED) is 0.726. The Kier molecular flexibility index (Phi) is 3.60. The molecular formula is C14H18O2. The second-order valence-corrected chi connectivity index (χ2v) is 4.43. The Labute approximate surface area is 96.6 Å². The summed E-state index contributed by atoms with van der Waals surface area (Å²) >= 11 is 0. The summed E-state index contributed by atoms with van der Waals surface area (Å²) in [6.07, 6.45) is 6.15. The molecule has 0 saturated carbocycles. The first-order valence-electron chi connectivity index (χ1n) is 6.02. The zero-order valence-electron chi connectivity index (χ0n) is 9.74. The van der Waals surface area contributed by atoms with Gasteiger partial charge in [-0.2, -0.15) is 0 Å². The van der Waals surface area contributed by atoms with Crippen LogP contribution in [0.3, 0.4) is 0 Å². The van der Waals surface area contributed by atoms with E-state index >= 15 is 0 Å². The lowest BCUT2D eigenvalue weighted by atomic mass is 9.91. The number of fused-ring (bicyclic) bond motifs is 1. The van der Waals surface area contributed by atoms with E-state index in [9.17, 15) is 4.79 Å². The van der Waals surface area contributed by atoms with E-state index in [0.717, 1.165) is 24.9 Å². The molecule has 2 rings (SSSR count). The number of carbonyl (C=O) groups is 1. The van der Waals surface area contributed by atoms with E-state index < -0.39 is 0 Å². The highest BCUT2D eigenvalue weighted by Gasteiger charge is 2.15. The number of aldehydes is 1. The minimum atomic E-state index is -0.0223. The van der Waals surface area contributed by atoms with Crippen LogP contribution in [-0.2, 0) is 17.6 Å². The first kappa shape index (κ1) is 11.2. The van der Waals surface area contributed by atoms with E-state index in [1.807, 2.05) is 19.1 Å². The second-order valence-electron chi connectivity index (χ2n) is 4.43. The SMILES string of the molecule is CC(CC=O)Oc1cccc2c1CCCC2. The Morgan fingerprint density at radius 3 is 3.00 bits per heavy atom. The summed E-state index contributed by atoms with van der Waals surface area (Å²) in [6, 6.07) is 6.25. The molecule has 0 aromatic heterocycles. The van der Waals surface area contributed by atoms with Crippen LogP contribution in [0.5, 0.6) is 5.75 Å². The third-order valence-corrected chi connectivity index (χ3v) is 3.11. The largest absolute Gasteiger partial charge is 0.490 e. The van der Waals surface area contributed by atoms with Crippen molar-refractivity contribution >= 4 is 6.29 Å². The smallest absolute Gasteiger partial charge is 0.123 e. The average Bonchev–Trinajstić information content (AvgIpc) is 2.30. The molecule has 0 amide bonds. The van der Waals surface area contributed by atoms with Crippen LogP contribution in [-0.4, -0.2) is 12.4 Å². The summed E-state index contributed by atoms with van der Waals surface area (Å²) in [5.41, 5.74) is 2.77. The molecule has 0 saturated heterocycles. The molecule has 2 heteroatoms. The molecule has 0 heterocycles. The number of rotatable bonds is 4. The summed E-state index contributed by atoms with van der Waals surface area (Å²) in [6.45, 7) is 1.94. The minimum Gasteiger partial charge on any atom is -0.490 e. The summed E-state index contributed by atoms with van der Waals surface area (Å²) in [5, 5.41) is 0. The maximum absolute atomic E-state index is 10.4. The van der Waals surface area contributed by atoms with E-state index in [1.165, 1.54) is 24.0 Å². The van der Waals surface area contributed by atoms with Gasteiger partial charge in [0.2, 0.25) is 0 Å². The normalized spacial score (nSPS) is 16.3. The van der Waals surface area contributed by atoms with Crippen molar-refractivity contribution in [3.05, 3.63) is 29.3 Å². The van der Waals surface area contributed by atoms with Gasteiger partial charge in [0.15, 0.2) is 0 Å². The van der Waals surface area contributed by atoms with Gasteiger partial charge in [0.05, 0.1) is 0 Å². The van der Waals surface area contributed by atoms with Crippen molar-refractivity contribution in [3.8, 4) is 5.75 Å². The van der Waals surface area contributed by atoms with Crippen LogP contribution >= 0.6 is 0 Å². The molecule has 1 aliphatic carbocycles. The molecule has 0 bridgehead atoms. The molecule has 1 aromatic rings. The van der Waals surface area contributed by atoms with Gasteiger partial charge in [-0.1, -0.05) is 12.1 Å². The standard InChI is InChI=1S/C14H18O2/c1-11(9-10-15)16-14-8-4-6-12-5-2-3-7-13(12)14/h4,6,8,10-11H,2-3,5,7,9H2,1H3. The fraction of sp³-hybridized carbons (Fsp3) is 0.500. The highest BCUT2D eigenvalue weighted by atomic mass is 16.5. The first-order valence-corrected chi connectivity index (χ1v) is 6.02. The topological polar surface area (TPSA) is 26.3 Å². The fourth-order valence-electron chi connectivity index (χ4n) is 2.26. The molecule has 1 aromatic carbocycles. The lowest BCUT2D eigenvalue weighted by Gasteiger charge is -2.21. The molecule has 0 fully saturated rings. The molecule has 0 N–H and O–H groups in total. The van der Waals surface area contributed by atoms with Crippen molar-refractivity contribution in [2.75, 3.05) is 0 Å². The van der Waals surface area contributed by atoms with Gasteiger partial charge in [-0.3, -0.25) is 0 Å². The van der Waals surface area contributed by atoms with E-state index in [0.29, 0.717) is 6.42 Å². The van der Waals surface area contributed by atoms with Gasteiger partial charge in [-0.05, 0) is 49.8 Å². The Morgan fingerprint density at radius 2 is 2.19 bits per heavy atom. The molecule has 1 aliphatic rings. The van der Waals surface area contributed by atoms with Crippen LogP contribution in [0.1, 0.15) is 37.3 Å². The Hall–Kier alpha value is -1.31. The Morgan fingerprint density at radius 1 is 1.38 bits per heavy atom. The van der Waals surface area contributed by atoms with Crippen LogP contribution in [0.25, 0.3) is 0 Å². The first-order chi connectivity index (χ1) is 7.81. The van der Waals surface area contributed by atoms with Crippen molar-refractivity contribution in [2.45, 2.75) is 45.1 Å². The van der Waals surface area contributed by atoms with Crippen LogP contribution < -0.4 is 4.74 Å². The van der Waals surface area contributed by atoms with Gasteiger partial charge in [0.1, 0.15) is 18.1 Å². The summed E-state index contributed by atoms with van der Waals surface area (Å²) in [7, 11) is 0. The number of carbonyl (C=O) groups excluding carboxylic acids is 1. The van der Waals surface area contributed by atoms with Crippen molar-refractivity contribution < 1.29 is 9.53 Å². The van der Waals surface area contributed by atoms with Crippen molar-refractivity contribution in [3.63, 3.8) is 0 Å². The fourth-order valence-corrected chi connectivity index (χ4v) is 2.26. The molecule has 0 aliphatic heterocycles. The van der Waals surface area contributed by atoms with Crippen molar-refractivity contribution in [1.82, 2.24) is 0 Å². The van der Waals surface area contributed by atoms with Gasteiger partial charge in [0.25, 0.3) is 0 Å². The molecule has 86 valence electrons. The van der Waals surface area contributed by atoms with Gasteiger partial charge in [0, 0.05) is 6.42 Å². The van der Waals surface area contributed by atoms with E-state index in [4.69, 9.17) is 4.74 Å². The third-order valence-electron chi connectivity index (χ3n) is 3.11. The molecule has 0 radical (unpaired) electrons. The van der Waals surface area contributed by atoms with Gasteiger partial charge in [-0.15, -0.1) is 0 Å².